The number of aliphatic carboxylic acids is 1. The van der Waals surface area contributed by atoms with Gasteiger partial charge in [-0.1, -0.05) is 20.3 Å². The van der Waals surface area contributed by atoms with Gasteiger partial charge in [0.15, 0.2) is 6.04 Å². The molecule has 0 radical (unpaired) electrons. The minimum atomic E-state index is -1.48. The van der Waals surface area contributed by atoms with Gasteiger partial charge < -0.3 is 31.9 Å². The number of nitrogens with one attached hydrogen (secondary N) is 3. The van der Waals surface area contributed by atoms with Crippen molar-refractivity contribution in [3.8, 4) is 0 Å². The van der Waals surface area contributed by atoms with Crippen LogP contribution < -0.4 is 21.7 Å². The Hall–Kier alpha value is -2.20. The van der Waals surface area contributed by atoms with Crippen molar-refractivity contribution >= 4 is 23.7 Å². The summed E-state index contributed by atoms with van der Waals surface area (Å²) in [6, 6.07) is -3.14. The van der Waals surface area contributed by atoms with E-state index in [2.05, 4.69) is 16.0 Å². The quantitative estimate of drug-likeness (QED) is 0.260. The number of nitrogens with two attached hydrogens (primary N) is 1. The normalized spacial score (nSPS) is 16.7. The van der Waals surface area contributed by atoms with Gasteiger partial charge in [-0.2, -0.15) is 0 Å². The lowest BCUT2D eigenvalue weighted by Gasteiger charge is -2.24. The number of aliphatic hydroxyl groups excluding tert-OH is 1. The Labute approximate surface area is 146 Å². The number of carboxylic acid groups (broad SMARTS) is 1. The molecule has 0 aromatic heterocycles. The van der Waals surface area contributed by atoms with Crippen molar-refractivity contribution < 1.29 is 29.4 Å². The van der Waals surface area contributed by atoms with E-state index in [0.717, 1.165) is 0 Å². The van der Waals surface area contributed by atoms with E-state index >= 15 is 0 Å². The third-order valence-electron chi connectivity index (χ3n) is 3.69. The third-order valence-corrected chi connectivity index (χ3v) is 3.69. The van der Waals surface area contributed by atoms with Crippen LogP contribution in [0.3, 0.4) is 0 Å². The fourth-order valence-electron chi connectivity index (χ4n) is 1.88. The Kier molecular flexibility index (Phi) is 9.69. The number of carbonyl (C=O) groups excluding carboxylic acids is 3. The number of aliphatic hydroxyl groups is 1. The molecule has 0 saturated heterocycles. The Morgan fingerprint density at radius 2 is 1.56 bits per heavy atom. The number of hydrogen-bond donors (Lipinski definition) is 6. The fraction of sp³-hybridized carbons (Fsp3) is 0.733. The lowest BCUT2D eigenvalue weighted by Crippen LogP contribution is -2.55. The second kappa shape index (κ2) is 10.6. The average Bonchev–Trinajstić information content (AvgIpc) is 2.53. The number of amides is 3. The highest BCUT2D eigenvalue weighted by Gasteiger charge is 2.28. The zero-order chi connectivity index (χ0) is 19.7. The summed E-state index contributed by atoms with van der Waals surface area (Å²) in [6.45, 7) is 5.82. The van der Waals surface area contributed by atoms with Gasteiger partial charge in [0.05, 0.1) is 18.7 Å². The predicted octanol–water partition coefficient (Wildman–Crippen LogP) is -2.07. The summed E-state index contributed by atoms with van der Waals surface area (Å²) in [6.07, 6.45) is -0.692. The largest absolute Gasteiger partial charge is 0.480 e. The van der Waals surface area contributed by atoms with Crippen molar-refractivity contribution in [1.82, 2.24) is 16.0 Å². The summed E-state index contributed by atoms with van der Waals surface area (Å²) >= 11 is 0. The molecule has 10 heteroatoms. The molecule has 144 valence electrons. The molecular weight excluding hydrogens is 332 g/mol. The van der Waals surface area contributed by atoms with Crippen molar-refractivity contribution in [2.45, 2.75) is 58.3 Å². The van der Waals surface area contributed by atoms with Gasteiger partial charge in [-0.05, 0) is 19.8 Å². The molecule has 0 spiro atoms. The fourth-order valence-corrected chi connectivity index (χ4v) is 1.88. The first-order valence-electron chi connectivity index (χ1n) is 8.05. The third kappa shape index (κ3) is 7.94. The van der Waals surface area contributed by atoms with Crippen molar-refractivity contribution in [2.75, 3.05) is 6.54 Å². The van der Waals surface area contributed by atoms with E-state index < -0.39 is 54.5 Å². The smallest absolute Gasteiger partial charge is 0.328 e. The molecule has 0 aliphatic rings. The monoisotopic (exact) mass is 360 g/mol. The molecule has 0 aliphatic carbocycles. The van der Waals surface area contributed by atoms with Gasteiger partial charge in [0.2, 0.25) is 17.7 Å². The van der Waals surface area contributed by atoms with E-state index in [0.29, 0.717) is 6.42 Å². The summed E-state index contributed by atoms with van der Waals surface area (Å²) < 4.78 is 0. The summed E-state index contributed by atoms with van der Waals surface area (Å²) in [7, 11) is 0. The van der Waals surface area contributed by atoms with E-state index in [4.69, 9.17) is 10.8 Å². The maximum absolute atomic E-state index is 12.2. The van der Waals surface area contributed by atoms with Gasteiger partial charge in [-0.25, -0.2) is 4.79 Å². The minimum Gasteiger partial charge on any atom is -0.480 e. The van der Waals surface area contributed by atoms with Crippen LogP contribution in [-0.4, -0.2) is 64.7 Å². The highest BCUT2D eigenvalue weighted by atomic mass is 16.4. The summed E-state index contributed by atoms with van der Waals surface area (Å²) in [5.74, 6) is -3.44. The Balaban J connectivity index is 4.77. The highest BCUT2D eigenvalue weighted by molar-refractivity contribution is 5.92. The molecule has 3 amide bonds. The van der Waals surface area contributed by atoms with Crippen molar-refractivity contribution in [1.29, 1.82) is 0 Å². The van der Waals surface area contributed by atoms with Crippen LogP contribution in [0.4, 0.5) is 0 Å². The van der Waals surface area contributed by atoms with Crippen LogP contribution in [0.1, 0.15) is 34.1 Å². The molecule has 0 aliphatic heterocycles. The summed E-state index contributed by atoms with van der Waals surface area (Å²) in [5, 5.41) is 25.2. The molecule has 0 aromatic carbocycles. The molecule has 0 saturated carbocycles. The number of carbonyl (C=O) groups is 4. The zero-order valence-electron chi connectivity index (χ0n) is 14.9. The highest BCUT2D eigenvalue weighted by Crippen LogP contribution is 2.08. The van der Waals surface area contributed by atoms with Crippen LogP contribution in [0.5, 0.6) is 0 Å². The average molecular weight is 360 g/mol. The van der Waals surface area contributed by atoms with Crippen LogP contribution in [0, 0.1) is 5.92 Å². The van der Waals surface area contributed by atoms with Gasteiger partial charge in [0, 0.05) is 0 Å². The lowest BCUT2D eigenvalue weighted by molar-refractivity contribution is -0.144. The van der Waals surface area contributed by atoms with E-state index in [1.807, 2.05) is 6.92 Å². The second-order valence-electron chi connectivity index (χ2n) is 6.00. The number of rotatable bonds is 10. The molecule has 7 N–H and O–H groups in total. The molecule has 10 nitrogen and oxygen atoms in total. The lowest BCUT2D eigenvalue weighted by atomic mass is 9.98. The van der Waals surface area contributed by atoms with Gasteiger partial charge in [0.1, 0.15) is 6.04 Å². The molecule has 0 fully saturated rings. The zero-order valence-corrected chi connectivity index (χ0v) is 14.9. The standard InChI is InChI=1S/C15H28N4O6/c1-5-7(2)11(19-13(22)8(3)16)14(23)17-6-10(21)18-12(9(4)20)15(24)25/h7-9,11-12,20H,5-6,16H2,1-4H3,(H,17,23)(H,18,21)(H,19,22)(H,24,25). The van der Waals surface area contributed by atoms with Crippen LogP contribution in [0.25, 0.3) is 0 Å². The van der Waals surface area contributed by atoms with Crippen LogP contribution >= 0.6 is 0 Å². The molecule has 0 bridgehead atoms. The van der Waals surface area contributed by atoms with Crippen LogP contribution in [0.15, 0.2) is 0 Å². The van der Waals surface area contributed by atoms with E-state index in [-0.39, 0.29) is 5.92 Å². The van der Waals surface area contributed by atoms with Crippen LogP contribution in [-0.2, 0) is 19.2 Å². The molecule has 0 heterocycles. The number of carboxylic acids is 1. The topological polar surface area (TPSA) is 171 Å². The molecule has 25 heavy (non-hydrogen) atoms. The first kappa shape index (κ1) is 22.8. The Morgan fingerprint density at radius 1 is 1.00 bits per heavy atom. The Morgan fingerprint density at radius 3 is 1.96 bits per heavy atom. The molecule has 5 unspecified atom stereocenters. The molecule has 5 atom stereocenters. The maximum Gasteiger partial charge on any atom is 0.328 e. The van der Waals surface area contributed by atoms with Gasteiger partial charge in [0.25, 0.3) is 0 Å². The Bertz CT molecular complexity index is 494. The van der Waals surface area contributed by atoms with E-state index in [1.165, 1.54) is 13.8 Å². The van der Waals surface area contributed by atoms with Crippen molar-refractivity contribution in [3.05, 3.63) is 0 Å². The van der Waals surface area contributed by atoms with E-state index in [9.17, 15) is 24.3 Å². The van der Waals surface area contributed by atoms with Gasteiger partial charge in [-0.15, -0.1) is 0 Å². The van der Waals surface area contributed by atoms with Crippen molar-refractivity contribution in [2.24, 2.45) is 11.7 Å². The second-order valence-corrected chi connectivity index (χ2v) is 6.00. The van der Waals surface area contributed by atoms with E-state index in [1.54, 1.807) is 6.92 Å². The number of hydrogen-bond acceptors (Lipinski definition) is 6. The molecule has 0 aromatic rings. The minimum absolute atomic E-state index is 0.199. The van der Waals surface area contributed by atoms with Crippen LogP contribution in [0.2, 0.25) is 0 Å². The first-order chi connectivity index (χ1) is 11.5. The van der Waals surface area contributed by atoms with Gasteiger partial charge in [-0.3, -0.25) is 14.4 Å². The maximum atomic E-state index is 12.2. The summed E-state index contributed by atoms with van der Waals surface area (Å²) in [5.41, 5.74) is 5.47. The molecule has 0 rings (SSSR count). The summed E-state index contributed by atoms with van der Waals surface area (Å²) in [4.78, 5) is 46.6. The molecular formula is C15H28N4O6. The predicted molar refractivity (Wildman–Crippen MR) is 89.3 cm³/mol. The SMILES string of the molecule is CCC(C)C(NC(=O)C(C)N)C(=O)NCC(=O)NC(C(=O)O)C(C)O. The first-order valence-corrected chi connectivity index (χ1v) is 8.05. The van der Waals surface area contributed by atoms with Crippen molar-refractivity contribution in [3.63, 3.8) is 0 Å². The van der Waals surface area contributed by atoms with Gasteiger partial charge >= 0.3 is 5.97 Å².